The van der Waals surface area contributed by atoms with E-state index in [4.69, 9.17) is 15.9 Å². The van der Waals surface area contributed by atoms with E-state index in [1.54, 1.807) is 12.1 Å². The minimum Gasteiger partial charge on any atom is -0.508 e. The van der Waals surface area contributed by atoms with E-state index in [-0.39, 0.29) is 5.75 Å². The Bertz CT molecular complexity index is 824. The van der Waals surface area contributed by atoms with Crippen molar-refractivity contribution >= 4 is 23.2 Å². The van der Waals surface area contributed by atoms with Gasteiger partial charge in [0, 0.05) is 29.1 Å². The Hall–Kier alpha value is -3.12. The molecule has 6 nitrogen and oxygen atoms in total. The first-order valence-electron chi connectivity index (χ1n) is 7.29. The highest BCUT2D eigenvalue weighted by atomic mass is 16.4. The second-order valence-corrected chi connectivity index (χ2v) is 5.22. The maximum absolute atomic E-state index is 10.6. The lowest BCUT2D eigenvalue weighted by molar-refractivity contribution is -0.138. The molecule has 0 aliphatic rings. The lowest BCUT2D eigenvalue weighted by Gasteiger charge is -2.04. The van der Waals surface area contributed by atoms with Crippen LogP contribution in [0.1, 0.15) is 15.9 Å². The van der Waals surface area contributed by atoms with Crippen LogP contribution in [0.25, 0.3) is 10.9 Å². The van der Waals surface area contributed by atoms with Crippen molar-refractivity contribution in [1.29, 1.82) is 0 Å². The summed E-state index contributed by atoms with van der Waals surface area (Å²) in [6, 6.07) is 13.0. The lowest BCUT2D eigenvalue weighted by Crippen LogP contribution is -2.32. The molecule has 0 bridgehead atoms. The normalized spacial score (nSPS) is 11.4. The summed E-state index contributed by atoms with van der Waals surface area (Å²) in [6.07, 6.45) is 2.90. The van der Waals surface area contributed by atoms with Crippen molar-refractivity contribution in [2.45, 2.75) is 12.5 Å². The maximum atomic E-state index is 10.6. The fourth-order valence-electron chi connectivity index (χ4n) is 2.18. The molecule has 24 heavy (non-hydrogen) atoms. The highest BCUT2D eigenvalue weighted by molar-refractivity contribution is 5.84. The van der Waals surface area contributed by atoms with Crippen LogP contribution in [-0.4, -0.2) is 33.5 Å². The van der Waals surface area contributed by atoms with Crippen molar-refractivity contribution in [2.75, 3.05) is 0 Å². The van der Waals surface area contributed by atoms with Gasteiger partial charge in [-0.3, -0.25) is 9.59 Å². The molecule has 0 aliphatic carbocycles. The third-order valence-electron chi connectivity index (χ3n) is 3.46. The predicted molar refractivity (Wildman–Crippen MR) is 91.1 cm³/mol. The summed E-state index contributed by atoms with van der Waals surface area (Å²) in [7, 11) is 0. The van der Waals surface area contributed by atoms with Crippen molar-refractivity contribution in [3.8, 4) is 5.75 Å². The molecule has 0 fully saturated rings. The van der Waals surface area contributed by atoms with E-state index in [0.29, 0.717) is 12.0 Å². The summed E-state index contributed by atoms with van der Waals surface area (Å²) >= 11 is 0. The van der Waals surface area contributed by atoms with E-state index in [9.17, 15) is 9.59 Å². The van der Waals surface area contributed by atoms with Gasteiger partial charge in [0.25, 0.3) is 0 Å². The van der Waals surface area contributed by atoms with Crippen LogP contribution in [0.3, 0.4) is 0 Å². The van der Waals surface area contributed by atoms with E-state index in [1.807, 2.05) is 30.5 Å². The Balaban J connectivity index is 0.000000198. The van der Waals surface area contributed by atoms with E-state index < -0.39 is 12.0 Å². The average Bonchev–Trinajstić information content (AvgIpc) is 2.99. The number of H-pyrrole nitrogens is 1. The molecular weight excluding hydrogens is 308 g/mol. The van der Waals surface area contributed by atoms with Crippen LogP contribution in [0.2, 0.25) is 0 Å². The monoisotopic (exact) mass is 326 g/mol. The molecule has 0 unspecified atom stereocenters. The molecule has 0 aliphatic heterocycles. The van der Waals surface area contributed by atoms with E-state index >= 15 is 0 Å². The number of nitrogens with two attached hydrogens (primary N) is 1. The standard InChI is InChI=1S/C11H12N2O2.C7H6O2/c12-9(11(14)15)5-7-6-13-10-4-2-1-3-8(7)10;8-5-6-1-3-7(9)4-2-6/h1-4,6,9,13H,5,12H2,(H,14,15);1-5,9H/t9-;/m1./s1. The number of benzene rings is 2. The molecule has 1 atom stereocenters. The van der Waals surface area contributed by atoms with Crippen molar-refractivity contribution in [3.05, 3.63) is 65.9 Å². The van der Waals surface area contributed by atoms with Crippen molar-refractivity contribution in [3.63, 3.8) is 0 Å². The number of hydrogen-bond acceptors (Lipinski definition) is 4. The van der Waals surface area contributed by atoms with Crippen LogP contribution in [0.15, 0.2) is 54.7 Å². The fourth-order valence-corrected chi connectivity index (χ4v) is 2.18. The summed E-state index contributed by atoms with van der Waals surface area (Å²) in [5.41, 5.74) is 8.01. The summed E-state index contributed by atoms with van der Waals surface area (Å²) < 4.78 is 0. The average molecular weight is 326 g/mol. The highest BCUT2D eigenvalue weighted by Gasteiger charge is 2.14. The molecule has 2 aromatic carbocycles. The topological polar surface area (TPSA) is 116 Å². The number of carboxylic acids is 1. The number of phenolic OH excluding ortho intramolecular Hbond substituents is 1. The van der Waals surface area contributed by atoms with Crippen molar-refractivity contribution < 1.29 is 19.8 Å². The Morgan fingerprint density at radius 3 is 2.46 bits per heavy atom. The van der Waals surface area contributed by atoms with Gasteiger partial charge in [-0.1, -0.05) is 18.2 Å². The van der Waals surface area contributed by atoms with Crippen LogP contribution >= 0.6 is 0 Å². The number of hydrogen-bond donors (Lipinski definition) is 4. The summed E-state index contributed by atoms with van der Waals surface area (Å²) in [5, 5.41) is 18.5. The van der Waals surface area contributed by atoms with Crippen LogP contribution < -0.4 is 5.73 Å². The van der Waals surface area contributed by atoms with Crippen molar-refractivity contribution in [1.82, 2.24) is 4.98 Å². The third kappa shape index (κ3) is 4.44. The first kappa shape index (κ1) is 17.2. The highest BCUT2D eigenvalue weighted by Crippen LogP contribution is 2.18. The van der Waals surface area contributed by atoms with Gasteiger partial charge >= 0.3 is 5.97 Å². The molecule has 6 heteroatoms. The maximum Gasteiger partial charge on any atom is 0.320 e. The Kier molecular flexibility index (Phi) is 5.70. The second kappa shape index (κ2) is 7.94. The zero-order chi connectivity index (χ0) is 17.5. The van der Waals surface area contributed by atoms with Gasteiger partial charge in [-0.15, -0.1) is 0 Å². The van der Waals surface area contributed by atoms with Crippen LogP contribution in [0, 0.1) is 0 Å². The number of carbonyl (C=O) groups is 2. The molecule has 5 N–H and O–H groups in total. The first-order valence-corrected chi connectivity index (χ1v) is 7.29. The Morgan fingerprint density at radius 2 is 1.83 bits per heavy atom. The molecule has 1 aromatic heterocycles. The summed E-state index contributed by atoms with van der Waals surface area (Å²) in [4.78, 5) is 23.7. The third-order valence-corrected chi connectivity index (χ3v) is 3.46. The number of carbonyl (C=O) groups excluding carboxylic acids is 1. The van der Waals surface area contributed by atoms with Crippen LogP contribution in [0.5, 0.6) is 5.75 Å². The number of phenols is 1. The van der Waals surface area contributed by atoms with E-state index in [1.165, 1.54) is 12.1 Å². The van der Waals surface area contributed by atoms with E-state index in [2.05, 4.69) is 4.98 Å². The number of fused-ring (bicyclic) bond motifs is 1. The molecule has 0 spiro atoms. The number of aliphatic carboxylic acids is 1. The second-order valence-electron chi connectivity index (χ2n) is 5.22. The quantitative estimate of drug-likeness (QED) is 0.549. The molecule has 0 amide bonds. The number of aromatic hydroxyl groups is 1. The lowest BCUT2D eigenvalue weighted by atomic mass is 10.1. The van der Waals surface area contributed by atoms with Crippen molar-refractivity contribution in [2.24, 2.45) is 5.73 Å². The number of nitrogens with one attached hydrogen (secondary N) is 1. The number of carboxylic acid groups (broad SMARTS) is 1. The van der Waals surface area contributed by atoms with Gasteiger partial charge in [-0.05, 0) is 35.9 Å². The number of aldehydes is 1. The number of para-hydroxylation sites is 1. The van der Waals surface area contributed by atoms with Crippen LogP contribution in [0.4, 0.5) is 0 Å². The Morgan fingerprint density at radius 1 is 1.17 bits per heavy atom. The SMILES string of the molecule is N[C@H](Cc1c[nH]c2ccccc12)C(=O)O.O=Cc1ccc(O)cc1. The number of rotatable bonds is 4. The summed E-state index contributed by atoms with van der Waals surface area (Å²) in [5.74, 6) is -0.791. The van der Waals surface area contributed by atoms with Gasteiger partial charge in [0.05, 0.1) is 0 Å². The van der Waals surface area contributed by atoms with Gasteiger partial charge in [0.1, 0.15) is 18.1 Å². The minimum atomic E-state index is -0.972. The predicted octanol–water partition coefficient (Wildman–Crippen LogP) is 2.33. The summed E-state index contributed by atoms with van der Waals surface area (Å²) in [6.45, 7) is 0. The van der Waals surface area contributed by atoms with E-state index in [0.717, 1.165) is 22.8 Å². The van der Waals surface area contributed by atoms with Gasteiger partial charge in [0.15, 0.2) is 0 Å². The molecule has 0 saturated carbocycles. The smallest absolute Gasteiger partial charge is 0.320 e. The number of aromatic nitrogens is 1. The first-order chi connectivity index (χ1) is 11.5. The number of aromatic amines is 1. The fraction of sp³-hybridized carbons (Fsp3) is 0.111. The zero-order valence-corrected chi connectivity index (χ0v) is 12.8. The van der Waals surface area contributed by atoms with Gasteiger partial charge in [-0.25, -0.2) is 0 Å². The molecule has 3 rings (SSSR count). The van der Waals surface area contributed by atoms with Gasteiger partial charge in [-0.2, -0.15) is 0 Å². The largest absolute Gasteiger partial charge is 0.508 e. The Labute approximate surface area is 138 Å². The minimum absolute atomic E-state index is 0.181. The molecule has 124 valence electrons. The molecule has 3 aromatic rings. The molecule has 0 radical (unpaired) electrons. The molecule has 0 saturated heterocycles. The molecular formula is C18H18N2O4. The van der Waals surface area contributed by atoms with Gasteiger partial charge in [0.2, 0.25) is 0 Å². The zero-order valence-electron chi connectivity index (χ0n) is 12.8. The van der Waals surface area contributed by atoms with Crippen LogP contribution in [-0.2, 0) is 11.2 Å². The molecule has 1 heterocycles. The van der Waals surface area contributed by atoms with Gasteiger partial charge < -0.3 is 20.9 Å².